The standard InChI is InChI=1S/C14H16O4/c1-8(15)18-12-5-2-9-10-3-4-11(13(9)12)14(10)16-6-7-17-14/h2-5,9-13H,6-7H2,1H3/t9-,10+,11+,12+,13-/m0/s1. The van der Waals surface area contributed by atoms with Gasteiger partial charge in [0.2, 0.25) is 0 Å². The van der Waals surface area contributed by atoms with Crippen LogP contribution in [0.1, 0.15) is 6.92 Å². The molecule has 1 heterocycles. The monoisotopic (exact) mass is 248 g/mol. The lowest BCUT2D eigenvalue weighted by Crippen LogP contribution is -2.39. The van der Waals surface area contributed by atoms with Crippen LogP contribution in [-0.4, -0.2) is 31.1 Å². The summed E-state index contributed by atoms with van der Waals surface area (Å²) in [6, 6.07) is 0. The third kappa shape index (κ3) is 1.15. The van der Waals surface area contributed by atoms with Gasteiger partial charge in [0.05, 0.1) is 13.2 Å². The van der Waals surface area contributed by atoms with E-state index < -0.39 is 5.79 Å². The molecule has 0 radical (unpaired) electrons. The van der Waals surface area contributed by atoms with Crippen LogP contribution in [0, 0.1) is 23.7 Å². The van der Waals surface area contributed by atoms with Gasteiger partial charge in [0, 0.05) is 24.7 Å². The van der Waals surface area contributed by atoms with Crippen molar-refractivity contribution in [3.05, 3.63) is 24.3 Å². The van der Waals surface area contributed by atoms with Crippen molar-refractivity contribution in [1.82, 2.24) is 0 Å². The molecule has 5 atom stereocenters. The number of allylic oxidation sites excluding steroid dienone is 1. The lowest BCUT2D eigenvalue weighted by Gasteiger charge is -2.30. The predicted molar refractivity (Wildman–Crippen MR) is 62.4 cm³/mol. The summed E-state index contributed by atoms with van der Waals surface area (Å²) in [5.41, 5.74) is 0. The molecule has 1 saturated heterocycles. The minimum atomic E-state index is -0.474. The highest BCUT2D eigenvalue weighted by molar-refractivity contribution is 5.66. The van der Waals surface area contributed by atoms with Gasteiger partial charge in [-0.3, -0.25) is 4.79 Å². The van der Waals surface area contributed by atoms with E-state index in [0.29, 0.717) is 19.1 Å². The highest BCUT2D eigenvalue weighted by Crippen LogP contribution is 2.61. The van der Waals surface area contributed by atoms with Crippen molar-refractivity contribution in [2.24, 2.45) is 23.7 Å². The Morgan fingerprint density at radius 2 is 1.89 bits per heavy atom. The van der Waals surface area contributed by atoms with E-state index in [4.69, 9.17) is 14.2 Å². The van der Waals surface area contributed by atoms with E-state index in [9.17, 15) is 4.79 Å². The molecule has 3 aliphatic carbocycles. The van der Waals surface area contributed by atoms with Crippen molar-refractivity contribution < 1.29 is 19.0 Å². The zero-order valence-electron chi connectivity index (χ0n) is 10.2. The molecule has 0 N–H and O–H groups in total. The topological polar surface area (TPSA) is 44.8 Å². The first-order chi connectivity index (χ1) is 8.72. The molecule has 0 aromatic heterocycles. The van der Waals surface area contributed by atoms with Gasteiger partial charge in [-0.2, -0.15) is 0 Å². The first-order valence-electron chi connectivity index (χ1n) is 6.54. The van der Waals surface area contributed by atoms with Crippen LogP contribution < -0.4 is 0 Å². The highest BCUT2D eigenvalue weighted by atomic mass is 16.7. The van der Waals surface area contributed by atoms with Crippen molar-refractivity contribution in [2.75, 3.05) is 13.2 Å². The van der Waals surface area contributed by atoms with Crippen molar-refractivity contribution in [3.63, 3.8) is 0 Å². The molecule has 1 saturated carbocycles. The molecule has 4 heteroatoms. The van der Waals surface area contributed by atoms with E-state index in [-0.39, 0.29) is 29.8 Å². The second kappa shape index (κ2) is 3.45. The molecule has 0 aromatic rings. The molecular formula is C14H16O4. The molecule has 18 heavy (non-hydrogen) atoms. The number of fused-ring (bicyclic) bond motifs is 3. The third-order valence-corrected chi connectivity index (χ3v) is 4.67. The molecule has 4 nitrogen and oxygen atoms in total. The number of rotatable bonds is 1. The summed E-state index contributed by atoms with van der Waals surface area (Å²) in [6.07, 6.45) is 8.44. The van der Waals surface area contributed by atoms with Crippen LogP contribution in [0.15, 0.2) is 24.3 Å². The first kappa shape index (κ1) is 10.8. The van der Waals surface area contributed by atoms with E-state index in [2.05, 4.69) is 18.2 Å². The second-order valence-corrected chi connectivity index (χ2v) is 5.47. The molecule has 4 aliphatic rings. The summed E-state index contributed by atoms with van der Waals surface area (Å²) in [7, 11) is 0. The maximum absolute atomic E-state index is 11.2. The number of hydrogen-bond donors (Lipinski definition) is 0. The predicted octanol–water partition coefficient (Wildman–Crippen LogP) is 1.28. The van der Waals surface area contributed by atoms with Crippen LogP contribution in [0.25, 0.3) is 0 Å². The van der Waals surface area contributed by atoms with E-state index >= 15 is 0 Å². The van der Waals surface area contributed by atoms with Crippen molar-refractivity contribution in [3.8, 4) is 0 Å². The van der Waals surface area contributed by atoms with Crippen LogP contribution in [-0.2, 0) is 19.0 Å². The Labute approximate surface area is 106 Å². The van der Waals surface area contributed by atoms with Crippen molar-refractivity contribution in [2.45, 2.75) is 18.8 Å². The van der Waals surface area contributed by atoms with Crippen LogP contribution in [0.3, 0.4) is 0 Å². The zero-order valence-corrected chi connectivity index (χ0v) is 10.2. The van der Waals surface area contributed by atoms with Gasteiger partial charge >= 0.3 is 5.97 Å². The Morgan fingerprint density at radius 1 is 1.17 bits per heavy atom. The molecule has 1 aliphatic heterocycles. The van der Waals surface area contributed by atoms with Gasteiger partial charge < -0.3 is 14.2 Å². The van der Waals surface area contributed by atoms with Crippen LogP contribution in [0.4, 0.5) is 0 Å². The highest BCUT2D eigenvalue weighted by Gasteiger charge is 2.67. The molecule has 2 fully saturated rings. The molecule has 0 aromatic carbocycles. The van der Waals surface area contributed by atoms with Crippen LogP contribution in [0.5, 0.6) is 0 Å². The average molecular weight is 248 g/mol. The maximum Gasteiger partial charge on any atom is 0.303 e. The number of carbonyl (C=O) groups excluding carboxylic acids is 1. The fraction of sp³-hybridized carbons (Fsp3) is 0.643. The minimum Gasteiger partial charge on any atom is -0.458 e. The summed E-state index contributed by atoms with van der Waals surface area (Å²) in [4.78, 5) is 11.2. The average Bonchev–Trinajstić information content (AvgIpc) is 3.05. The van der Waals surface area contributed by atoms with Crippen LogP contribution >= 0.6 is 0 Å². The van der Waals surface area contributed by atoms with E-state index in [1.165, 1.54) is 6.92 Å². The van der Waals surface area contributed by atoms with Gasteiger partial charge in [-0.05, 0) is 12.0 Å². The summed E-state index contributed by atoms with van der Waals surface area (Å²) in [5, 5.41) is 0. The SMILES string of the molecule is CC(=O)O[C@@H]1C=C[C@@H]2[C@H]1[C@H]1C=C[C@H]2C12OCCO2. The van der Waals surface area contributed by atoms with Gasteiger partial charge in [-0.1, -0.05) is 18.2 Å². The van der Waals surface area contributed by atoms with Crippen molar-refractivity contribution in [1.29, 1.82) is 0 Å². The van der Waals surface area contributed by atoms with E-state index in [0.717, 1.165) is 0 Å². The number of ether oxygens (including phenoxy) is 3. The lowest BCUT2D eigenvalue weighted by atomic mass is 9.84. The molecule has 96 valence electrons. The fourth-order valence-electron chi connectivity index (χ4n) is 4.18. The Kier molecular flexibility index (Phi) is 2.07. The first-order valence-corrected chi connectivity index (χ1v) is 6.54. The quantitative estimate of drug-likeness (QED) is 0.518. The molecular weight excluding hydrogens is 232 g/mol. The molecule has 0 amide bonds. The Balaban J connectivity index is 1.67. The molecule has 4 rings (SSSR count). The van der Waals surface area contributed by atoms with Gasteiger partial charge in [-0.25, -0.2) is 0 Å². The number of hydrogen-bond acceptors (Lipinski definition) is 4. The summed E-state index contributed by atoms with van der Waals surface area (Å²) >= 11 is 0. The maximum atomic E-state index is 11.2. The fourth-order valence-corrected chi connectivity index (χ4v) is 4.18. The second-order valence-electron chi connectivity index (χ2n) is 5.47. The molecule has 2 bridgehead atoms. The smallest absolute Gasteiger partial charge is 0.303 e. The number of carbonyl (C=O) groups is 1. The van der Waals surface area contributed by atoms with Gasteiger partial charge in [-0.15, -0.1) is 0 Å². The Morgan fingerprint density at radius 3 is 2.61 bits per heavy atom. The largest absolute Gasteiger partial charge is 0.458 e. The van der Waals surface area contributed by atoms with Crippen molar-refractivity contribution >= 4 is 5.97 Å². The van der Waals surface area contributed by atoms with E-state index in [1.54, 1.807) is 0 Å². The summed E-state index contributed by atoms with van der Waals surface area (Å²) in [6.45, 7) is 2.79. The minimum absolute atomic E-state index is 0.128. The Hall–Kier alpha value is -1.13. The van der Waals surface area contributed by atoms with Gasteiger partial charge in [0.15, 0.2) is 5.79 Å². The van der Waals surface area contributed by atoms with Gasteiger partial charge in [0.25, 0.3) is 0 Å². The summed E-state index contributed by atoms with van der Waals surface area (Å²) < 4.78 is 17.2. The summed E-state index contributed by atoms with van der Waals surface area (Å²) in [5.74, 6) is 0.434. The Bertz CT molecular complexity index is 447. The molecule has 1 spiro atoms. The zero-order chi connectivity index (χ0) is 12.3. The van der Waals surface area contributed by atoms with E-state index in [1.807, 2.05) is 6.08 Å². The lowest BCUT2D eigenvalue weighted by molar-refractivity contribution is -0.190. The number of esters is 1. The van der Waals surface area contributed by atoms with Crippen LogP contribution in [0.2, 0.25) is 0 Å². The third-order valence-electron chi connectivity index (χ3n) is 4.67. The normalized spacial score (nSPS) is 45.9. The van der Waals surface area contributed by atoms with Gasteiger partial charge in [0.1, 0.15) is 6.10 Å². The molecule has 0 unspecified atom stereocenters.